The molecular weight excluding hydrogens is 531 g/mol. The molecule has 0 amide bonds. The van der Waals surface area contributed by atoms with E-state index < -0.39 is 18.3 Å². The van der Waals surface area contributed by atoms with Crippen LogP contribution in [0, 0.1) is 11.2 Å². The fourth-order valence-electron chi connectivity index (χ4n) is 6.62. The molecule has 8 rings (SSSR count). The number of halogens is 2. The Labute approximate surface area is 228 Å². The van der Waals surface area contributed by atoms with E-state index in [4.69, 9.17) is 35.3 Å². The molecule has 1 unspecified atom stereocenters. The predicted octanol–water partition coefficient (Wildman–Crippen LogP) is 3.31. The maximum atomic E-state index is 15.3. The molecule has 10 nitrogen and oxygen atoms in total. The predicted molar refractivity (Wildman–Crippen MR) is 137 cm³/mol. The van der Waals surface area contributed by atoms with Crippen molar-refractivity contribution in [3.8, 4) is 11.8 Å². The van der Waals surface area contributed by atoms with Crippen LogP contribution in [-0.4, -0.2) is 77.0 Å². The average Bonchev–Trinajstić information content (AvgIpc) is 3.62. The number of hydrogen-bond donors (Lipinski definition) is 3. The van der Waals surface area contributed by atoms with Crippen LogP contribution >= 0.6 is 11.6 Å². The zero-order chi connectivity index (χ0) is 26.3. The number of imidazole rings is 1. The number of nitrogens with zero attached hydrogens (tertiary/aromatic N) is 2. The number of aromatic amines is 1. The van der Waals surface area contributed by atoms with E-state index >= 15 is 4.39 Å². The van der Waals surface area contributed by atoms with Gasteiger partial charge in [0, 0.05) is 17.0 Å². The lowest BCUT2D eigenvalue weighted by atomic mass is 9.65. The van der Waals surface area contributed by atoms with Crippen LogP contribution in [0.5, 0.6) is 11.8 Å². The molecule has 5 atom stereocenters. The van der Waals surface area contributed by atoms with Crippen LogP contribution in [0.15, 0.2) is 18.2 Å². The first kappa shape index (κ1) is 24.1. The molecule has 0 radical (unpaired) electrons. The van der Waals surface area contributed by atoms with Crippen LogP contribution in [0.4, 0.5) is 10.2 Å². The lowest BCUT2D eigenvalue weighted by Gasteiger charge is -2.52. The highest BCUT2D eigenvalue weighted by Crippen LogP contribution is 2.49. The second kappa shape index (κ2) is 8.90. The molecular formula is C27H28ClFN4O6. The molecule has 1 spiro atoms. The molecule has 3 N–H and O–H groups in total. The standard InChI is InChI=1S/C27H28ClFN4O6/c28-15-5-18-25(33-26(31-18)39-20-9-37-22-19(34)8-36-23(20)22)32-24(15)30-17-2-1-12-3-13(4-16(29)21(12)17)38-14-6-27(7-14)10-35-11-27/h3-5,14,17,19-20,22-23,34H,1-2,6-11H2,(H2,30,31,32,33)/t17?,19-,20-,22-,23-/m1/s1. The summed E-state index contributed by atoms with van der Waals surface area (Å²) in [7, 11) is 0. The monoisotopic (exact) mass is 558 g/mol. The normalized spacial score (nSPS) is 30.7. The summed E-state index contributed by atoms with van der Waals surface area (Å²) in [5.74, 6) is 0.724. The van der Waals surface area contributed by atoms with Gasteiger partial charge in [0.1, 0.15) is 41.8 Å². The van der Waals surface area contributed by atoms with Gasteiger partial charge in [0.15, 0.2) is 11.8 Å². The summed E-state index contributed by atoms with van der Waals surface area (Å²) in [4.78, 5) is 12.1. The topological polar surface area (TPSA) is 120 Å². The Morgan fingerprint density at radius 2 is 1.95 bits per heavy atom. The third-order valence-corrected chi connectivity index (χ3v) is 8.93. The van der Waals surface area contributed by atoms with E-state index in [1.807, 2.05) is 6.07 Å². The lowest BCUT2D eigenvalue weighted by Crippen LogP contribution is -2.56. The third-order valence-electron chi connectivity index (χ3n) is 8.64. The molecule has 5 heterocycles. The highest BCUT2D eigenvalue weighted by molar-refractivity contribution is 6.33. The van der Waals surface area contributed by atoms with E-state index in [1.165, 1.54) is 6.07 Å². The first-order valence-corrected chi connectivity index (χ1v) is 13.8. The van der Waals surface area contributed by atoms with E-state index in [1.54, 1.807) is 6.07 Å². The molecule has 5 aliphatic rings. The molecule has 1 saturated carbocycles. The number of aromatic nitrogens is 3. The van der Waals surface area contributed by atoms with Crippen molar-refractivity contribution in [2.24, 2.45) is 5.41 Å². The first-order chi connectivity index (χ1) is 18.9. The maximum Gasteiger partial charge on any atom is 0.296 e. The summed E-state index contributed by atoms with van der Waals surface area (Å²) < 4.78 is 43.9. The Bertz CT molecular complexity index is 1440. The Morgan fingerprint density at radius 3 is 2.77 bits per heavy atom. The van der Waals surface area contributed by atoms with Crippen LogP contribution in [0.2, 0.25) is 5.02 Å². The molecule has 12 heteroatoms. The summed E-state index contributed by atoms with van der Waals surface area (Å²) in [6, 6.07) is 5.15. The van der Waals surface area contributed by atoms with Gasteiger partial charge in [0.2, 0.25) is 0 Å². The zero-order valence-electron chi connectivity index (χ0n) is 21.0. The maximum absolute atomic E-state index is 15.3. The molecule has 206 valence electrons. The van der Waals surface area contributed by atoms with Crippen molar-refractivity contribution in [2.45, 2.75) is 62.2 Å². The van der Waals surface area contributed by atoms with Crippen molar-refractivity contribution in [1.29, 1.82) is 0 Å². The number of anilines is 1. The number of nitrogens with one attached hydrogen (secondary N) is 2. The molecule has 2 aromatic heterocycles. The summed E-state index contributed by atoms with van der Waals surface area (Å²) >= 11 is 6.56. The largest absolute Gasteiger partial charge is 0.490 e. The van der Waals surface area contributed by atoms with Crippen LogP contribution in [0.25, 0.3) is 11.2 Å². The minimum absolute atomic E-state index is 0.124. The second-order valence-corrected chi connectivity index (χ2v) is 11.8. The molecule has 1 aromatic carbocycles. The van der Waals surface area contributed by atoms with Gasteiger partial charge in [-0.05, 0) is 43.4 Å². The number of pyridine rings is 1. The summed E-state index contributed by atoms with van der Waals surface area (Å²) in [5, 5.41) is 13.7. The number of ether oxygens (including phenoxy) is 5. The van der Waals surface area contributed by atoms with Crippen molar-refractivity contribution in [1.82, 2.24) is 15.0 Å². The Hall–Kier alpha value is -2.70. The van der Waals surface area contributed by atoms with Gasteiger partial charge in [-0.25, -0.2) is 9.37 Å². The summed E-state index contributed by atoms with van der Waals surface area (Å²) in [6.45, 7) is 2.13. The second-order valence-electron chi connectivity index (χ2n) is 11.4. The van der Waals surface area contributed by atoms with Gasteiger partial charge in [0.05, 0.1) is 43.0 Å². The quantitative estimate of drug-likeness (QED) is 0.418. The molecule has 39 heavy (non-hydrogen) atoms. The molecule has 2 aliphatic carbocycles. The highest BCUT2D eigenvalue weighted by atomic mass is 35.5. The van der Waals surface area contributed by atoms with Crippen LogP contribution in [0.3, 0.4) is 0 Å². The van der Waals surface area contributed by atoms with Crippen LogP contribution < -0.4 is 14.8 Å². The van der Waals surface area contributed by atoms with Crippen molar-refractivity contribution < 1.29 is 33.2 Å². The van der Waals surface area contributed by atoms with Gasteiger partial charge < -0.3 is 39.1 Å². The van der Waals surface area contributed by atoms with Crippen molar-refractivity contribution in [3.63, 3.8) is 0 Å². The number of rotatable bonds is 6. The first-order valence-electron chi connectivity index (χ1n) is 13.4. The average molecular weight is 559 g/mol. The third kappa shape index (κ3) is 4.05. The van der Waals surface area contributed by atoms with E-state index in [0.29, 0.717) is 51.8 Å². The Kier molecular flexibility index (Phi) is 5.51. The van der Waals surface area contributed by atoms with Crippen LogP contribution in [-0.2, 0) is 20.6 Å². The molecule has 0 bridgehead atoms. The molecule has 3 saturated heterocycles. The Balaban J connectivity index is 0.972. The molecule has 3 aromatic rings. The number of aliphatic hydroxyl groups is 1. The summed E-state index contributed by atoms with van der Waals surface area (Å²) in [6.07, 6.45) is 1.69. The van der Waals surface area contributed by atoms with Gasteiger partial charge in [-0.2, -0.15) is 4.98 Å². The highest BCUT2D eigenvalue weighted by Gasteiger charge is 2.51. The minimum atomic E-state index is -0.657. The number of hydrogen-bond acceptors (Lipinski definition) is 9. The number of H-pyrrole nitrogens is 1. The van der Waals surface area contributed by atoms with E-state index in [-0.39, 0.29) is 36.7 Å². The van der Waals surface area contributed by atoms with Gasteiger partial charge in [-0.1, -0.05) is 11.6 Å². The fraction of sp³-hybridized carbons (Fsp3) is 0.556. The van der Waals surface area contributed by atoms with Crippen molar-refractivity contribution >= 4 is 28.6 Å². The Morgan fingerprint density at radius 1 is 1.10 bits per heavy atom. The van der Waals surface area contributed by atoms with E-state index in [9.17, 15) is 5.11 Å². The summed E-state index contributed by atoms with van der Waals surface area (Å²) in [5.41, 5.74) is 2.88. The van der Waals surface area contributed by atoms with Gasteiger partial charge in [0.25, 0.3) is 6.01 Å². The number of fused-ring (bicyclic) bond motifs is 3. The van der Waals surface area contributed by atoms with Crippen molar-refractivity contribution in [3.05, 3.63) is 40.2 Å². The van der Waals surface area contributed by atoms with Gasteiger partial charge >= 0.3 is 0 Å². The number of aliphatic hydroxyl groups excluding tert-OH is 1. The van der Waals surface area contributed by atoms with Crippen LogP contribution in [0.1, 0.15) is 36.4 Å². The smallest absolute Gasteiger partial charge is 0.296 e. The van der Waals surface area contributed by atoms with Crippen molar-refractivity contribution in [2.75, 3.05) is 31.7 Å². The number of aryl methyl sites for hydroxylation is 1. The molecule has 4 fully saturated rings. The van der Waals surface area contributed by atoms with E-state index in [0.717, 1.165) is 38.0 Å². The van der Waals surface area contributed by atoms with E-state index in [2.05, 4.69) is 20.3 Å². The minimum Gasteiger partial charge on any atom is -0.490 e. The number of benzene rings is 1. The van der Waals surface area contributed by atoms with Gasteiger partial charge in [-0.15, -0.1) is 0 Å². The molecule has 3 aliphatic heterocycles. The zero-order valence-corrected chi connectivity index (χ0v) is 21.7. The lowest BCUT2D eigenvalue weighted by molar-refractivity contribution is -0.191. The SMILES string of the molecule is O[C@@H]1CO[C@H]2[C@@H]1OC[C@H]2Oc1nc2nc(NC3CCc4cc(OC5CC6(COC6)C5)cc(F)c43)c(Cl)cc2[nH]1. The van der Waals surface area contributed by atoms with Gasteiger partial charge in [-0.3, -0.25) is 0 Å². The fourth-order valence-corrected chi connectivity index (χ4v) is 6.82.